The van der Waals surface area contributed by atoms with Crippen LogP contribution in [-0.2, 0) is 6.54 Å². The maximum absolute atomic E-state index is 13.0. The number of imidazole rings is 1. The van der Waals surface area contributed by atoms with Crippen LogP contribution in [0.4, 0.5) is 26.0 Å². The van der Waals surface area contributed by atoms with E-state index in [1.807, 2.05) is 0 Å². The number of halogens is 3. The summed E-state index contributed by atoms with van der Waals surface area (Å²) in [4.78, 5) is 16.5. The van der Waals surface area contributed by atoms with Gasteiger partial charge in [0, 0.05) is 23.8 Å². The molecule has 0 aliphatic carbocycles. The van der Waals surface area contributed by atoms with Crippen molar-refractivity contribution in [2.75, 3.05) is 10.6 Å². The predicted octanol–water partition coefficient (Wildman–Crippen LogP) is 4.89. The van der Waals surface area contributed by atoms with Gasteiger partial charge in [-0.25, -0.2) is 13.8 Å². The summed E-state index contributed by atoms with van der Waals surface area (Å²) < 4.78 is 28.9. The monoisotopic (exact) mass is 474 g/mol. The van der Waals surface area contributed by atoms with Crippen LogP contribution in [0.15, 0.2) is 54.9 Å². The van der Waals surface area contributed by atoms with Crippen molar-refractivity contribution in [1.29, 1.82) is 0 Å². The first kappa shape index (κ1) is 22.7. The minimum atomic E-state index is -2.66. The van der Waals surface area contributed by atoms with E-state index in [2.05, 4.69) is 20.7 Å². The molecule has 0 atom stereocenters. The lowest BCUT2D eigenvalue weighted by molar-refractivity contribution is 0.0577. The third-order valence-corrected chi connectivity index (χ3v) is 4.94. The largest absolute Gasteiger partial charge is 0.389 e. The second-order valence-electron chi connectivity index (χ2n) is 8.11. The molecule has 4 rings (SSSR count). The van der Waals surface area contributed by atoms with Crippen molar-refractivity contribution in [3.63, 3.8) is 0 Å². The molecular formula is C22H21ClF2N6O2. The number of alkyl halides is 2. The van der Waals surface area contributed by atoms with E-state index in [-0.39, 0.29) is 23.0 Å². The van der Waals surface area contributed by atoms with Gasteiger partial charge in [0.25, 0.3) is 12.3 Å². The third kappa shape index (κ3) is 5.29. The van der Waals surface area contributed by atoms with E-state index in [0.29, 0.717) is 22.8 Å². The van der Waals surface area contributed by atoms with Crippen molar-refractivity contribution >= 4 is 40.3 Å². The topological polar surface area (TPSA) is 96.5 Å². The predicted molar refractivity (Wildman–Crippen MR) is 121 cm³/mol. The highest BCUT2D eigenvalue weighted by atomic mass is 35.5. The first-order chi connectivity index (χ1) is 15.6. The van der Waals surface area contributed by atoms with E-state index in [0.717, 1.165) is 0 Å². The molecule has 0 saturated carbocycles. The van der Waals surface area contributed by atoms with Crippen LogP contribution in [0.1, 0.15) is 36.3 Å². The van der Waals surface area contributed by atoms with Gasteiger partial charge in [0.05, 0.1) is 17.7 Å². The van der Waals surface area contributed by atoms with Crippen molar-refractivity contribution in [1.82, 2.24) is 19.2 Å². The summed E-state index contributed by atoms with van der Waals surface area (Å²) in [5.74, 6) is 0.125. The molecular weight excluding hydrogens is 454 g/mol. The lowest BCUT2D eigenvalue weighted by Crippen LogP contribution is -2.26. The number of hydrogen-bond acceptors (Lipinski definition) is 5. The molecule has 4 aromatic rings. The fourth-order valence-electron chi connectivity index (χ4n) is 3.25. The molecule has 11 heteroatoms. The molecule has 3 N–H and O–H groups in total. The molecule has 0 spiro atoms. The molecule has 172 valence electrons. The molecule has 0 bridgehead atoms. The summed E-state index contributed by atoms with van der Waals surface area (Å²) >= 11 is 6.08. The van der Waals surface area contributed by atoms with Crippen LogP contribution in [0, 0.1) is 0 Å². The first-order valence-corrected chi connectivity index (χ1v) is 10.4. The zero-order valence-electron chi connectivity index (χ0n) is 17.8. The fraction of sp³-hybridized carbons (Fsp3) is 0.227. The molecule has 0 aliphatic rings. The molecule has 8 nitrogen and oxygen atoms in total. The number of aromatic nitrogens is 4. The molecule has 1 amide bonds. The summed E-state index contributed by atoms with van der Waals surface area (Å²) in [5.41, 5.74) is 0.493. The Morgan fingerprint density at radius 3 is 2.52 bits per heavy atom. The van der Waals surface area contributed by atoms with Gasteiger partial charge in [-0.3, -0.25) is 13.9 Å². The molecule has 3 heterocycles. The second kappa shape index (κ2) is 8.80. The summed E-state index contributed by atoms with van der Waals surface area (Å²) in [5, 5.41) is 19.9. The van der Waals surface area contributed by atoms with Crippen LogP contribution in [0.2, 0.25) is 5.15 Å². The number of rotatable bonds is 7. The Morgan fingerprint density at radius 1 is 1.15 bits per heavy atom. The highest BCUT2D eigenvalue weighted by Crippen LogP contribution is 2.24. The maximum atomic E-state index is 13.0. The van der Waals surface area contributed by atoms with Gasteiger partial charge in [0.15, 0.2) is 5.15 Å². The van der Waals surface area contributed by atoms with Crippen molar-refractivity contribution in [3.8, 4) is 0 Å². The highest BCUT2D eigenvalue weighted by Gasteiger charge is 2.19. The van der Waals surface area contributed by atoms with Gasteiger partial charge in [0.1, 0.15) is 17.2 Å². The smallest absolute Gasteiger partial charge is 0.281 e. The number of amides is 1. The SMILES string of the molecule is CC(C)(O)Cn1cc(C(=O)Nc2ccc(Nc3cccc4nc(C(F)F)cn34)cc2)c(Cl)n1. The van der Waals surface area contributed by atoms with Gasteiger partial charge in [-0.1, -0.05) is 17.7 Å². The molecule has 0 saturated heterocycles. The molecule has 1 aromatic carbocycles. The van der Waals surface area contributed by atoms with Gasteiger partial charge in [-0.05, 0) is 50.2 Å². The van der Waals surface area contributed by atoms with E-state index in [1.165, 1.54) is 17.1 Å². The van der Waals surface area contributed by atoms with Gasteiger partial charge in [-0.15, -0.1) is 0 Å². The number of fused-ring (bicyclic) bond motifs is 1. The zero-order chi connectivity index (χ0) is 23.8. The van der Waals surface area contributed by atoms with E-state index < -0.39 is 17.9 Å². The van der Waals surface area contributed by atoms with Gasteiger partial charge >= 0.3 is 0 Å². The number of carbonyl (C=O) groups is 1. The molecule has 3 aromatic heterocycles. The van der Waals surface area contributed by atoms with Gasteiger partial charge in [0.2, 0.25) is 0 Å². The van der Waals surface area contributed by atoms with E-state index in [1.54, 1.807) is 60.7 Å². The Hall–Kier alpha value is -3.50. The lowest BCUT2D eigenvalue weighted by Gasteiger charge is -2.16. The summed E-state index contributed by atoms with van der Waals surface area (Å²) in [6, 6.07) is 12.0. The number of nitrogens with zero attached hydrogens (tertiary/aromatic N) is 4. The highest BCUT2D eigenvalue weighted by molar-refractivity contribution is 6.33. The van der Waals surface area contributed by atoms with Crippen LogP contribution >= 0.6 is 11.6 Å². The standard InChI is InChI=1S/C22H21ClF2N6O2/c1-22(2,33)12-30-10-15(19(23)29-30)21(32)27-14-8-6-13(7-9-14)26-17-4-3-5-18-28-16(20(24)25)11-31(17)18/h3-11,20,26,33H,12H2,1-2H3,(H,27,32). The van der Waals surface area contributed by atoms with Crippen molar-refractivity contribution in [2.45, 2.75) is 32.4 Å². The maximum Gasteiger partial charge on any atom is 0.281 e. The normalized spacial score (nSPS) is 11.8. The average molecular weight is 475 g/mol. The number of pyridine rings is 1. The minimum Gasteiger partial charge on any atom is -0.389 e. The molecule has 0 fully saturated rings. The molecule has 0 radical (unpaired) electrons. The Kier molecular flexibility index (Phi) is 6.05. The van der Waals surface area contributed by atoms with E-state index in [4.69, 9.17) is 11.6 Å². The molecule has 33 heavy (non-hydrogen) atoms. The lowest BCUT2D eigenvalue weighted by atomic mass is 10.1. The van der Waals surface area contributed by atoms with Crippen LogP contribution in [0.3, 0.4) is 0 Å². The fourth-order valence-corrected chi connectivity index (χ4v) is 3.48. The number of hydrogen-bond donors (Lipinski definition) is 3. The first-order valence-electron chi connectivity index (χ1n) is 9.99. The van der Waals surface area contributed by atoms with E-state index in [9.17, 15) is 18.7 Å². The van der Waals surface area contributed by atoms with Crippen molar-refractivity contribution < 1.29 is 18.7 Å². The number of carbonyl (C=O) groups excluding carboxylic acids is 1. The average Bonchev–Trinajstić information content (AvgIpc) is 3.32. The Morgan fingerprint density at radius 2 is 1.85 bits per heavy atom. The van der Waals surface area contributed by atoms with Crippen molar-refractivity contribution in [3.05, 3.63) is 71.3 Å². The second-order valence-corrected chi connectivity index (χ2v) is 8.46. The Balaban J connectivity index is 1.46. The third-order valence-electron chi connectivity index (χ3n) is 4.66. The van der Waals surface area contributed by atoms with Crippen LogP contribution < -0.4 is 10.6 Å². The number of anilines is 3. The van der Waals surface area contributed by atoms with Crippen molar-refractivity contribution in [2.24, 2.45) is 0 Å². The summed E-state index contributed by atoms with van der Waals surface area (Å²) in [7, 11) is 0. The van der Waals surface area contributed by atoms with Gasteiger partial charge in [-0.2, -0.15) is 5.10 Å². The number of aliphatic hydroxyl groups is 1. The van der Waals surface area contributed by atoms with Gasteiger partial charge < -0.3 is 15.7 Å². The number of benzene rings is 1. The van der Waals surface area contributed by atoms with Crippen LogP contribution in [0.25, 0.3) is 5.65 Å². The Labute approximate surface area is 192 Å². The summed E-state index contributed by atoms with van der Waals surface area (Å²) in [6.45, 7) is 3.44. The summed E-state index contributed by atoms with van der Waals surface area (Å²) in [6.07, 6.45) is 0.111. The minimum absolute atomic E-state index is 0.0339. The molecule has 0 unspecified atom stereocenters. The number of nitrogens with one attached hydrogen (secondary N) is 2. The zero-order valence-corrected chi connectivity index (χ0v) is 18.5. The molecule has 0 aliphatic heterocycles. The van der Waals surface area contributed by atoms with E-state index >= 15 is 0 Å². The van der Waals surface area contributed by atoms with Crippen LogP contribution in [0.5, 0.6) is 0 Å². The van der Waals surface area contributed by atoms with Crippen LogP contribution in [-0.4, -0.2) is 35.8 Å². The quantitative estimate of drug-likeness (QED) is 0.354. The Bertz CT molecular complexity index is 1290.